The molecule has 3 N–H and O–H groups in total. The SMILES string of the molecule is O=C(Nc1ccc(-c2ccc3[nH]c(O)c(-c4ccc5ccccc5n4)c3c2)cc1)OCc1ccccc1. The fourth-order valence-corrected chi connectivity index (χ4v) is 4.44. The van der Waals surface area contributed by atoms with Crippen LogP contribution >= 0.6 is 0 Å². The Bertz CT molecular complexity index is 1720. The first-order valence-electron chi connectivity index (χ1n) is 11.9. The lowest BCUT2D eigenvalue weighted by Crippen LogP contribution is -2.13. The van der Waals surface area contributed by atoms with Crippen LogP contribution in [0.15, 0.2) is 109 Å². The fourth-order valence-electron chi connectivity index (χ4n) is 4.44. The highest BCUT2D eigenvalue weighted by Crippen LogP contribution is 2.38. The van der Waals surface area contributed by atoms with Gasteiger partial charge in [0.05, 0.1) is 16.8 Å². The van der Waals surface area contributed by atoms with Crippen molar-refractivity contribution in [2.75, 3.05) is 5.32 Å². The van der Waals surface area contributed by atoms with E-state index in [0.717, 1.165) is 38.5 Å². The Kier molecular flexibility index (Phi) is 5.75. The Morgan fingerprint density at radius 2 is 1.59 bits per heavy atom. The Morgan fingerprint density at radius 1 is 0.838 bits per heavy atom. The molecule has 0 saturated heterocycles. The lowest BCUT2D eigenvalue weighted by molar-refractivity contribution is 0.155. The second-order valence-electron chi connectivity index (χ2n) is 8.76. The highest BCUT2D eigenvalue weighted by atomic mass is 16.5. The summed E-state index contributed by atoms with van der Waals surface area (Å²) in [4.78, 5) is 20.0. The largest absolute Gasteiger partial charge is 0.494 e. The zero-order chi connectivity index (χ0) is 25.2. The monoisotopic (exact) mass is 485 g/mol. The van der Waals surface area contributed by atoms with Crippen LogP contribution in [0, 0.1) is 0 Å². The number of amides is 1. The van der Waals surface area contributed by atoms with E-state index in [1.807, 2.05) is 109 Å². The van der Waals surface area contributed by atoms with Crippen LogP contribution < -0.4 is 5.32 Å². The average Bonchev–Trinajstić information content (AvgIpc) is 3.27. The van der Waals surface area contributed by atoms with Crippen molar-refractivity contribution in [3.8, 4) is 28.3 Å². The molecule has 0 aliphatic carbocycles. The molecule has 1 amide bonds. The Balaban J connectivity index is 1.24. The van der Waals surface area contributed by atoms with Crippen LogP contribution in [0.1, 0.15) is 5.56 Å². The summed E-state index contributed by atoms with van der Waals surface area (Å²) in [5, 5.41) is 15.4. The number of H-pyrrole nitrogens is 1. The van der Waals surface area contributed by atoms with E-state index >= 15 is 0 Å². The second-order valence-corrected chi connectivity index (χ2v) is 8.76. The fraction of sp³-hybridized carbons (Fsp3) is 0.0323. The van der Waals surface area contributed by atoms with Crippen molar-refractivity contribution < 1.29 is 14.6 Å². The first-order valence-corrected chi connectivity index (χ1v) is 11.9. The van der Waals surface area contributed by atoms with Crippen molar-refractivity contribution in [2.45, 2.75) is 6.61 Å². The van der Waals surface area contributed by atoms with Gasteiger partial charge in [-0.25, -0.2) is 9.78 Å². The van der Waals surface area contributed by atoms with Crippen LogP contribution in [-0.4, -0.2) is 21.2 Å². The number of nitrogens with one attached hydrogen (secondary N) is 2. The number of anilines is 1. The number of rotatable bonds is 5. The van der Waals surface area contributed by atoms with Gasteiger partial charge in [-0.1, -0.05) is 72.8 Å². The van der Waals surface area contributed by atoms with Crippen LogP contribution in [-0.2, 0) is 11.3 Å². The Hall–Kier alpha value is -5.10. The molecule has 6 aromatic rings. The van der Waals surface area contributed by atoms with Crippen molar-refractivity contribution in [1.29, 1.82) is 0 Å². The molecule has 0 bridgehead atoms. The first-order chi connectivity index (χ1) is 18.1. The summed E-state index contributed by atoms with van der Waals surface area (Å²) in [5.41, 5.74) is 6.59. The van der Waals surface area contributed by atoms with Gasteiger partial charge in [-0.15, -0.1) is 0 Å². The number of benzene rings is 4. The van der Waals surface area contributed by atoms with Gasteiger partial charge in [0, 0.05) is 22.0 Å². The lowest BCUT2D eigenvalue weighted by Gasteiger charge is -2.09. The van der Waals surface area contributed by atoms with E-state index < -0.39 is 6.09 Å². The summed E-state index contributed by atoms with van der Waals surface area (Å²) >= 11 is 0. The van der Waals surface area contributed by atoms with Gasteiger partial charge in [0.1, 0.15) is 6.61 Å². The maximum absolute atomic E-state index is 12.2. The zero-order valence-corrected chi connectivity index (χ0v) is 19.8. The van der Waals surface area contributed by atoms with Crippen molar-refractivity contribution in [3.63, 3.8) is 0 Å². The van der Waals surface area contributed by atoms with Crippen molar-refractivity contribution in [1.82, 2.24) is 9.97 Å². The van der Waals surface area contributed by atoms with E-state index in [0.29, 0.717) is 16.9 Å². The molecular formula is C31H23N3O3. The maximum Gasteiger partial charge on any atom is 0.411 e. The molecule has 2 aromatic heterocycles. The topological polar surface area (TPSA) is 87.2 Å². The third kappa shape index (κ3) is 4.60. The quantitative estimate of drug-likeness (QED) is 0.236. The van der Waals surface area contributed by atoms with Crippen LogP contribution in [0.5, 0.6) is 5.88 Å². The predicted molar refractivity (Wildman–Crippen MR) is 146 cm³/mol. The van der Waals surface area contributed by atoms with Crippen LogP contribution in [0.25, 0.3) is 44.2 Å². The Labute approximate surface area is 213 Å². The molecule has 37 heavy (non-hydrogen) atoms. The minimum absolute atomic E-state index is 0.0866. The normalized spacial score (nSPS) is 11.0. The molecule has 0 unspecified atom stereocenters. The van der Waals surface area contributed by atoms with Crippen molar-refractivity contribution in [2.24, 2.45) is 0 Å². The molecule has 0 aliphatic rings. The zero-order valence-electron chi connectivity index (χ0n) is 19.8. The number of hydrogen-bond donors (Lipinski definition) is 3. The molecule has 0 atom stereocenters. The molecule has 6 nitrogen and oxygen atoms in total. The summed E-state index contributed by atoms with van der Waals surface area (Å²) in [6.07, 6.45) is -0.506. The molecule has 4 aromatic carbocycles. The number of hydrogen-bond acceptors (Lipinski definition) is 4. The number of aromatic nitrogens is 2. The number of carbonyl (C=O) groups is 1. The van der Waals surface area contributed by atoms with E-state index in [1.165, 1.54) is 0 Å². The number of aromatic hydroxyl groups is 1. The number of para-hydroxylation sites is 1. The summed E-state index contributed by atoms with van der Waals surface area (Å²) in [6.45, 7) is 0.211. The maximum atomic E-state index is 12.2. The summed E-state index contributed by atoms with van der Waals surface area (Å²) in [6, 6.07) is 34.9. The third-order valence-corrected chi connectivity index (χ3v) is 6.31. The van der Waals surface area contributed by atoms with Gasteiger partial charge in [0.25, 0.3) is 0 Å². The summed E-state index contributed by atoms with van der Waals surface area (Å²) < 4.78 is 5.30. The molecule has 0 radical (unpaired) electrons. The molecule has 0 saturated carbocycles. The third-order valence-electron chi connectivity index (χ3n) is 6.31. The standard InChI is InChI=1S/C31H23N3O3/c35-30-29(28-17-12-22-8-4-5-9-26(22)33-28)25-18-23(13-16-27(25)34-30)21-10-14-24(15-11-21)32-31(36)37-19-20-6-2-1-3-7-20/h1-18,34-35H,19H2,(H,32,36). The van der Waals surface area contributed by atoms with E-state index in [2.05, 4.69) is 10.3 Å². The molecular weight excluding hydrogens is 462 g/mol. The highest BCUT2D eigenvalue weighted by molar-refractivity contribution is 6.01. The molecule has 0 spiro atoms. The highest BCUT2D eigenvalue weighted by Gasteiger charge is 2.16. The molecule has 6 rings (SSSR count). The van der Waals surface area contributed by atoms with E-state index in [9.17, 15) is 9.90 Å². The van der Waals surface area contributed by atoms with Crippen molar-refractivity contribution >= 4 is 33.6 Å². The second kappa shape index (κ2) is 9.51. The van der Waals surface area contributed by atoms with Gasteiger partial charge in [0.2, 0.25) is 0 Å². The minimum atomic E-state index is -0.506. The lowest BCUT2D eigenvalue weighted by atomic mass is 10.0. The van der Waals surface area contributed by atoms with Gasteiger partial charge in [0.15, 0.2) is 5.88 Å². The number of fused-ring (bicyclic) bond motifs is 2. The van der Waals surface area contributed by atoms with Crippen LogP contribution in [0.4, 0.5) is 10.5 Å². The molecule has 0 aliphatic heterocycles. The van der Waals surface area contributed by atoms with Crippen molar-refractivity contribution in [3.05, 3.63) is 115 Å². The molecule has 180 valence electrons. The summed E-state index contributed by atoms with van der Waals surface area (Å²) in [5.74, 6) is 0.0866. The van der Waals surface area contributed by atoms with Gasteiger partial charge in [-0.3, -0.25) is 5.32 Å². The van der Waals surface area contributed by atoms with Gasteiger partial charge < -0.3 is 14.8 Å². The number of carbonyl (C=O) groups excluding carboxylic acids is 1. The molecule has 0 fully saturated rings. The number of ether oxygens (including phenoxy) is 1. The Morgan fingerprint density at radius 3 is 2.43 bits per heavy atom. The molecule has 6 heteroatoms. The van der Waals surface area contributed by atoms with Gasteiger partial charge in [-0.2, -0.15) is 0 Å². The smallest absolute Gasteiger partial charge is 0.411 e. The summed E-state index contributed by atoms with van der Waals surface area (Å²) in [7, 11) is 0. The van der Waals surface area contributed by atoms with E-state index in [1.54, 1.807) is 0 Å². The number of aromatic amines is 1. The number of pyridine rings is 1. The van der Waals surface area contributed by atoms with E-state index in [-0.39, 0.29) is 12.5 Å². The predicted octanol–water partition coefficient (Wildman–Crippen LogP) is 7.50. The first kappa shape index (κ1) is 22.4. The van der Waals surface area contributed by atoms with Crippen LogP contribution in [0.2, 0.25) is 0 Å². The average molecular weight is 486 g/mol. The molecule has 2 heterocycles. The van der Waals surface area contributed by atoms with E-state index in [4.69, 9.17) is 9.72 Å². The minimum Gasteiger partial charge on any atom is -0.494 e. The number of nitrogens with zero attached hydrogens (tertiary/aromatic N) is 1. The van der Waals surface area contributed by atoms with Gasteiger partial charge in [-0.05, 0) is 53.1 Å². The van der Waals surface area contributed by atoms with Gasteiger partial charge >= 0.3 is 6.09 Å². The van der Waals surface area contributed by atoms with Crippen LogP contribution in [0.3, 0.4) is 0 Å².